The average Bonchev–Trinajstić information content (AvgIpc) is 2.67. The monoisotopic (exact) mass is 210 g/mol. The highest BCUT2D eigenvalue weighted by Crippen LogP contribution is 2.05. The van der Waals surface area contributed by atoms with Crippen molar-refractivity contribution in [3.63, 3.8) is 0 Å². The van der Waals surface area contributed by atoms with Crippen LogP contribution in [0.2, 0.25) is 0 Å². The van der Waals surface area contributed by atoms with Crippen LogP contribution in [-0.4, -0.2) is 34.1 Å². The molecule has 0 bridgehead atoms. The van der Waals surface area contributed by atoms with Crippen LogP contribution in [0.1, 0.15) is 19.5 Å². The molecule has 1 aromatic rings. The molecular formula is C10H18N4O. The number of hydrogen-bond donors (Lipinski definition) is 2. The first-order valence-corrected chi connectivity index (χ1v) is 5.01. The molecule has 1 atom stereocenters. The lowest BCUT2D eigenvalue weighted by Crippen LogP contribution is -2.44. The van der Waals surface area contributed by atoms with Crippen LogP contribution in [0.5, 0.6) is 0 Å². The maximum atomic E-state index is 11.8. The molecule has 0 radical (unpaired) electrons. The number of amides is 1. The molecule has 0 aromatic carbocycles. The molecule has 1 heterocycles. The Kier molecular flexibility index (Phi) is 3.85. The van der Waals surface area contributed by atoms with E-state index in [2.05, 4.69) is 10.2 Å². The standard InChI is InChI=1S/C10H18N4O/c1-7(2)9(11)10(15)14(3)6-8-4-5-12-13-8/h4-5,7,9H,6,11H2,1-3H3,(H,12,13)/t9-/m0/s1. The van der Waals surface area contributed by atoms with Crippen molar-refractivity contribution < 1.29 is 4.79 Å². The number of nitrogens with two attached hydrogens (primary N) is 1. The molecule has 5 nitrogen and oxygen atoms in total. The number of nitrogens with one attached hydrogen (secondary N) is 1. The van der Waals surface area contributed by atoms with Gasteiger partial charge in [-0.3, -0.25) is 9.89 Å². The normalized spacial score (nSPS) is 12.9. The van der Waals surface area contributed by atoms with Crippen LogP contribution in [-0.2, 0) is 11.3 Å². The largest absolute Gasteiger partial charge is 0.339 e. The molecule has 1 aromatic heterocycles. The molecule has 1 rings (SSSR count). The zero-order valence-electron chi connectivity index (χ0n) is 9.40. The summed E-state index contributed by atoms with van der Waals surface area (Å²) in [6.45, 7) is 4.39. The Bertz CT molecular complexity index is 307. The lowest BCUT2D eigenvalue weighted by atomic mass is 10.0. The molecule has 0 fully saturated rings. The zero-order chi connectivity index (χ0) is 11.4. The first-order chi connectivity index (χ1) is 7.02. The summed E-state index contributed by atoms with van der Waals surface area (Å²) in [4.78, 5) is 13.4. The predicted octanol–water partition coefficient (Wildman–Crippen LogP) is 0.351. The Balaban J connectivity index is 2.54. The summed E-state index contributed by atoms with van der Waals surface area (Å²) >= 11 is 0. The first-order valence-electron chi connectivity index (χ1n) is 5.01. The second kappa shape index (κ2) is 4.93. The number of rotatable bonds is 4. The Morgan fingerprint density at radius 1 is 1.67 bits per heavy atom. The van der Waals surface area contributed by atoms with E-state index in [-0.39, 0.29) is 11.8 Å². The molecule has 0 aliphatic carbocycles. The van der Waals surface area contributed by atoms with Gasteiger partial charge in [0.05, 0.1) is 18.3 Å². The predicted molar refractivity (Wildman–Crippen MR) is 57.9 cm³/mol. The van der Waals surface area contributed by atoms with Crippen molar-refractivity contribution in [1.29, 1.82) is 0 Å². The van der Waals surface area contributed by atoms with Gasteiger partial charge in [0.15, 0.2) is 0 Å². The Labute approximate surface area is 89.6 Å². The van der Waals surface area contributed by atoms with E-state index >= 15 is 0 Å². The highest BCUT2D eigenvalue weighted by Gasteiger charge is 2.21. The molecular weight excluding hydrogens is 192 g/mol. The lowest BCUT2D eigenvalue weighted by Gasteiger charge is -2.22. The third-order valence-electron chi connectivity index (χ3n) is 2.35. The summed E-state index contributed by atoms with van der Waals surface area (Å²) in [5.74, 6) is 0.112. The van der Waals surface area contributed by atoms with E-state index in [1.54, 1.807) is 18.1 Å². The van der Waals surface area contributed by atoms with E-state index in [1.165, 1.54) is 0 Å². The smallest absolute Gasteiger partial charge is 0.239 e. The minimum absolute atomic E-state index is 0.0420. The third kappa shape index (κ3) is 3.06. The molecule has 1 amide bonds. The fourth-order valence-corrected chi connectivity index (χ4v) is 1.25. The van der Waals surface area contributed by atoms with Crippen LogP contribution < -0.4 is 5.73 Å². The molecule has 0 saturated carbocycles. The minimum Gasteiger partial charge on any atom is -0.339 e. The van der Waals surface area contributed by atoms with Crippen molar-refractivity contribution in [2.45, 2.75) is 26.4 Å². The lowest BCUT2D eigenvalue weighted by molar-refractivity contribution is -0.132. The SMILES string of the molecule is CC(C)[C@H](N)C(=O)N(C)Cc1ccn[nH]1. The van der Waals surface area contributed by atoms with Crippen molar-refractivity contribution in [2.75, 3.05) is 7.05 Å². The summed E-state index contributed by atoms with van der Waals surface area (Å²) in [7, 11) is 1.74. The van der Waals surface area contributed by atoms with Crippen LogP contribution in [0.15, 0.2) is 12.3 Å². The maximum absolute atomic E-state index is 11.8. The van der Waals surface area contributed by atoms with Crippen LogP contribution >= 0.6 is 0 Å². The van der Waals surface area contributed by atoms with E-state index in [9.17, 15) is 4.79 Å². The van der Waals surface area contributed by atoms with E-state index < -0.39 is 6.04 Å². The van der Waals surface area contributed by atoms with Crippen molar-refractivity contribution in [3.05, 3.63) is 18.0 Å². The van der Waals surface area contributed by atoms with Crippen molar-refractivity contribution in [3.8, 4) is 0 Å². The van der Waals surface area contributed by atoms with Gasteiger partial charge in [0.1, 0.15) is 0 Å². The molecule has 15 heavy (non-hydrogen) atoms. The number of likely N-dealkylation sites (N-methyl/N-ethyl adjacent to an activating group) is 1. The second-order valence-corrected chi connectivity index (χ2v) is 4.05. The molecule has 84 valence electrons. The first kappa shape index (κ1) is 11.7. The van der Waals surface area contributed by atoms with Gasteiger partial charge in [-0.1, -0.05) is 13.8 Å². The van der Waals surface area contributed by atoms with Gasteiger partial charge in [0, 0.05) is 13.2 Å². The fourth-order valence-electron chi connectivity index (χ4n) is 1.25. The van der Waals surface area contributed by atoms with E-state index in [1.807, 2.05) is 19.9 Å². The average molecular weight is 210 g/mol. The fraction of sp³-hybridized carbons (Fsp3) is 0.600. The molecule has 0 spiro atoms. The zero-order valence-corrected chi connectivity index (χ0v) is 9.40. The van der Waals surface area contributed by atoms with E-state index in [0.29, 0.717) is 6.54 Å². The molecule has 0 aliphatic heterocycles. The van der Waals surface area contributed by atoms with Gasteiger partial charge in [-0.05, 0) is 12.0 Å². The number of carbonyl (C=O) groups is 1. The van der Waals surface area contributed by atoms with Crippen LogP contribution in [0, 0.1) is 5.92 Å². The summed E-state index contributed by atoms with van der Waals surface area (Å²) < 4.78 is 0. The van der Waals surface area contributed by atoms with Gasteiger partial charge in [-0.15, -0.1) is 0 Å². The van der Waals surface area contributed by atoms with Gasteiger partial charge in [-0.25, -0.2) is 0 Å². The van der Waals surface area contributed by atoms with E-state index in [0.717, 1.165) is 5.69 Å². The number of hydrogen-bond acceptors (Lipinski definition) is 3. The topological polar surface area (TPSA) is 75.0 Å². The van der Waals surface area contributed by atoms with Gasteiger partial charge < -0.3 is 10.6 Å². The highest BCUT2D eigenvalue weighted by atomic mass is 16.2. The highest BCUT2D eigenvalue weighted by molar-refractivity contribution is 5.81. The third-order valence-corrected chi connectivity index (χ3v) is 2.35. The number of aromatic amines is 1. The van der Waals surface area contributed by atoms with Gasteiger partial charge in [0.2, 0.25) is 5.91 Å². The van der Waals surface area contributed by atoms with Crippen LogP contribution in [0.25, 0.3) is 0 Å². The maximum Gasteiger partial charge on any atom is 0.239 e. The van der Waals surface area contributed by atoms with Gasteiger partial charge in [0.25, 0.3) is 0 Å². The van der Waals surface area contributed by atoms with Crippen molar-refractivity contribution in [1.82, 2.24) is 15.1 Å². The van der Waals surface area contributed by atoms with Gasteiger partial charge >= 0.3 is 0 Å². The summed E-state index contributed by atoms with van der Waals surface area (Å²) in [5, 5.41) is 6.63. The summed E-state index contributed by atoms with van der Waals surface area (Å²) in [6, 6.07) is 1.41. The quantitative estimate of drug-likeness (QED) is 0.753. The molecule has 5 heteroatoms. The molecule has 0 saturated heterocycles. The summed E-state index contributed by atoms with van der Waals surface area (Å²) in [5.41, 5.74) is 6.68. The van der Waals surface area contributed by atoms with Crippen molar-refractivity contribution in [2.24, 2.45) is 11.7 Å². The van der Waals surface area contributed by atoms with Crippen molar-refractivity contribution >= 4 is 5.91 Å². The summed E-state index contributed by atoms with van der Waals surface area (Å²) in [6.07, 6.45) is 1.66. The van der Waals surface area contributed by atoms with Crippen LogP contribution in [0.3, 0.4) is 0 Å². The van der Waals surface area contributed by atoms with Gasteiger partial charge in [-0.2, -0.15) is 5.10 Å². The number of nitrogens with zero attached hydrogens (tertiary/aromatic N) is 2. The van der Waals surface area contributed by atoms with E-state index in [4.69, 9.17) is 5.73 Å². The number of aromatic nitrogens is 2. The number of carbonyl (C=O) groups excluding carboxylic acids is 1. The molecule has 0 unspecified atom stereocenters. The molecule has 3 N–H and O–H groups in total. The Morgan fingerprint density at radius 3 is 2.80 bits per heavy atom. The Morgan fingerprint density at radius 2 is 2.33 bits per heavy atom. The number of H-pyrrole nitrogens is 1. The molecule has 0 aliphatic rings. The van der Waals surface area contributed by atoms with Crippen LogP contribution in [0.4, 0.5) is 0 Å². The minimum atomic E-state index is -0.432. The second-order valence-electron chi connectivity index (χ2n) is 4.05. The Hall–Kier alpha value is -1.36.